The third-order valence-corrected chi connectivity index (χ3v) is 5.24. The Labute approximate surface area is 99.4 Å². The van der Waals surface area contributed by atoms with Crippen molar-refractivity contribution in [3.05, 3.63) is 0 Å². The summed E-state index contributed by atoms with van der Waals surface area (Å²) < 4.78 is 33.4. The van der Waals surface area contributed by atoms with Crippen LogP contribution in [0.1, 0.15) is 13.8 Å². The largest absolute Gasteiger partial charge is 0.379 e. The van der Waals surface area contributed by atoms with Crippen LogP contribution in [-0.4, -0.2) is 50.2 Å². The standard InChI is InChI=1S/C9H17BrO4S/c1-3-13-4-7(2)14-9-6-15(11,12)5-8(9)10/h7-9H,3-6H2,1-2H3. The normalized spacial score (nSPS) is 31.7. The molecule has 0 aromatic carbocycles. The number of ether oxygens (including phenoxy) is 2. The lowest BCUT2D eigenvalue weighted by molar-refractivity contribution is -0.0338. The third-order valence-electron chi connectivity index (χ3n) is 2.20. The Kier molecular flexibility index (Phi) is 5.02. The molecule has 3 unspecified atom stereocenters. The Morgan fingerprint density at radius 1 is 1.47 bits per heavy atom. The molecule has 6 heteroatoms. The maximum atomic E-state index is 11.3. The zero-order valence-corrected chi connectivity index (χ0v) is 11.4. The number of halogens is 1. The average molecular weight is 301 g/mol. The maximum absolute atomic E-state index is 11.3. The number of sulfone groups is 1. The first-order valence-corrected chi connectivity index (χ1v) is 7.76. The Hall–Kier alpha value is 0.350. The topological polar surface area (TPSA) is 52.6 Å². The second-order valence-corrected chi connectivity index (χ2v) is 7.07. The van der Waals surface area contributed by atoms with E-state index in [2.05, 4.69) is 15.9 Å². The second-order valence-electron chi connectivity index (χ2n) is 3.74. The quantitative estimate of drug-likeness (QED) is 0.711. The summed E-state index contributed by atoms with van der Waals surface area (Å²) in [7, 11) is -2.92. The number of hydrogen-bond donors (Lipinski definition) is 0. The van der Waals surface area contributed by atoms with Gasteiger partial charge >= 0.3 is 0 Å². The van der Waals surface area contributed by atoms with E-state index in [1.165, 1.54) is 0 Å². The lowest BCUT2D eigenvalue weighted by atomic mass is 10.3. The molecular weight excluding hydrogens is 284 g/mol. The fourth-order valence-electron chi connectivity index (χ4n) is 1.52. The van der Waals surface area contributed by atoms with Gasteiger partial charge in [-0.2, -0.15) is 0 Å². The van der Waals surface area contributed by atoms with Crippen molar-refractivity contribution in [2.75, 3.05) is 24.7 Å². The Balaban J connectivity index is 2.39. The highest BCUT2D eigenvalue weighted by molar-refractivity contribution is 9.09. The Morgan fingerprint density at radius 3 is 2.60 bits per heavy atom. The molecule has 1 heterocycles. The summed E-state index contributed by atoms with van der Waals surface area (Å²) in [6.07, 6.45) is -0.311. The van der Waals surface area contributed by atoms with E-state index < -0.39 is 9.84 Å². The molecule has 90 valence electrons. The van der Waals surface area contributed by atoms with Gasteiger partial charge in [-0.05, 0) is 13.8 Å². The van der Waals surface area contributed by atoms with E-state index >= 15 is 0 Å². The fraction of sp³-hybridized carbons (Fsp3) is 1.00. The number of alkyl halides is 1. The first-order chi connectivity index (χ1) is 6.94. The molecule has 1 aliphatic heterocycles. The van der Waals surface area contributed by atoms with Crippen LogP contribution >= 0.6 is 15.9 Å². The maximum Gasteiger partial charge on any atom is 0.154 e. The molecule has 0 aliphatic carbocycles. The van der Waals surface area contributed by atoms with Crippen LogP contribution < -0.4 is 0 Å². The summed E-state index contributed by atoms with van der Waals surface area (Å²) in [5.41, 5.74) is 0. The van der Waals surface area contributed by atoms with Gasteiger partial charge in [0.1, 0.15) is 0 Å². The van der Waals surface area contributed by atoms with E-state index in [0.717, 1.165) is 0 Å². The van der Waals surface area contributed by atoms with Gasteiger partial charge in [-0.1, -0.05) is 15.9 Å². The summed E-state index contributed by atoms with van der Waals surface area (Å²) >= 11 is 3.33. The summed E-state index contributed by atoms with van der Waals surface area (Å²) in [5.74, 6) is 0.276. The van der Waals surface area contributed by atoms with Gasteiger partial charge in [0.25, 0.3) is 0 Å². The van der Waals surface area contributed by atoms with Crippen LogP contribution in [0.4, 0.5) is 0 Å². The van der Waals surface area contributed by atoms with Crippen molar-refractivity contribution >= 4 is 25.8 Å². The van der Waals surface area contributed by atoms with Gasteiger partial charge in [-0.3, -0.25) is 0 Å². The molecule has 1 aliphatic rings. The van der Waals surface area contributed by atoms with Gasteiger partial charge in [-0.15, -0.1) is 0 Å². The predicted molar refractivity (Wildman–Crippen MR) is 62.2 cm³/mol. The van der Waals surface area contributed by atoms with Crippen molar-refractivity contribution in [3.8, 4) is 0 Å². The van der Waals surface area contributed by atoms with E-state index in [0.29, 0.717) is 13.2 Å². The van der Waals surface area contributed by atoms with Crippen molar-refractivity contribution in [2.24, 2.45) is 0 Å². The molecular formula is C9H17BrO4S. The highest BCUT2D eigenvalue weighted by atomic mass is 79.9. The molecule has 3 atom stereocenters. The minimum absolute atomic E-state index is 0.0664. The summed E-state index contributed by atoms with van der Waals surface area (Å²) in [6, 6.07) is 0. The molecule has 0 aromatic heterocycles. The van der Waals surface area contributed by atoms with Crippen molar-refractivity contribution in [1.29, 1.82) is 0 Å². The van der Waals surface area contributed by atoms with Crippen molar-refractivity contribution in [2.45, 2.75) is 30.9 Å². The zero-order valence-electron chi connectivity index (χ0n) is 8.98. The van der Waals surface area contributed by atoms with Gasteiger partial charge in [-0.25, -0.2) is 8.42 Å². The van der Waals surface area contributed by atoms with Crippen LogP contribution in [0.3, 0.4) is 0 Å². The molecule has 0 N–H and O–H groups in total. The van der Waals surface area contributed by atoms with E-state index in [1.54, 1.807) is 0 Å². The zero-order chi connectivity index (χ0) is 11.5. The van der Waals surface area contributed by atoms with Gasteiger partial charge in [0.15, 0.2) is 9.84 Å². The highest BCUT2D eigenvalue weighted by Crippen LogP contribution is 2.23. The van der Waals surface area contributed by atoms with Crippen LogP contribution in [0.25, 0.3) is 0 Å². The molecule has 0 spiro atoms. The molecule has 4 nitrogen and oxygen atoms in total. The lowest BCUT2D eigenvalue weighted by Crippen LogP contribution is -2.29. The summed E-state index contributed by atoms with van der Waals surface area (Å²) in [5, 5.41) is 0. The SMILES string of the molecule is CCOCC(C)OC1CS(=O)(=O)CC1Br. The summed E-state index contributed by atoms with van der Waals surface area (Å²) in [6.45, 7) is 4.96. The van der Waals surface area contributed by atoms with E-state index in [4.69, 9.17) is 9.47 Å². The van der Waals surface area contributed by atoms with Crippen molar-refractivity contribution in [3.63, 3.8) is 0 Å². The van der Waals surface area contributed by atoms with Crippen LogP contribution in [0.5, 0.6) is 0 Å². The van der Waals surface area contributed by atoms with Crippen LogP contribution in [-0.2, 0) is 19.3 Å². The predicted octanol–water partition coefficient (Wildman–Crippen LogP) is 0.988. The van der Waals surface area contributed by atoms with Crippen LogP contribution in [0, 0.1) is 0 Å². The molecule has 0 radical (unpaired) electrons. The van der Waals surface area contributed by atoms with E-state index in [9.17, 15) is 8.42 Å². The smallest absolute Gasteiger partial charge is 0.154 e. The molecule has 1 saturated heterocycles. The molecule has 0 bridgehead atoms. The molecule has 15 heavy (non-hydrogen) atoms. The molecule has 0 amide bonds. The lowest BCUT2D eigenvalue weighted by Gasteiger charge is -2.19. The average Bonchev–Trinajstić information content (AvgIpc) is 2.36. The van der Waals surface area contributed by atoms with Crippen LogP contribution in [0.15, 0.2) is 0 Å². The first-order valence-electron chi connectivity index (χ1n) is 5.02. The van der Waals surface area contributed by atoms with Gasteiger partial charge < -0.3 is 9.47 Å². The van der Waals surface area contributed by atoms with Gasteiger partial charge in [0, 0.05) is 6.61 Å². The number of rotatable bonds is 5. The monoisotopic (exact) mass is 300 g/mol. The molecule has 1 fully saturated rings. The highest BCUT2D eigenvalue weighted by Gasteiger charge is 2.37. The minimum Gasteiger partial charge on any atom is -0.379 e. The van der Waals surface area contributed by atoms with Crippen molar-refractivity contribution in [1.82, 2.24) is 0 Å². The summed E-state index contributed by atoms with van der Waals surface area (Å²) in [4.78, 5) is -0.0911. The fourth-order valence-corrected chi connectivity index (χ4v) is 4.93. The van der Waals surface area contributed by atoms with Gasteiger partial charge in [0.2, 0.25) is 0 Å². The Morgan fingerprint density at radius 2 is 2.13 bits per heavy atom. The Bertz CT molecular complexity index is 290. The molecule has 0 aromatic rings. The van der Waals surface area contributed by atoms with Crippen molar-refractivity contribution < 1.29 is 17.9 Å². The first kappa shape index (κ1) is 13.4. The third kappa shape index (κ3) is 4.38. The van der Waals surface area contributed by atoms with E-state index in [1.807, 2.05) is 13.8 Å². The van der Waals surface area contributed by atoms with E-state index in [-0.39, 0.29) is 28.5 Å². The van der Waals surface area contributed by atoms with Gasteiger partial charge in [0.05, 0.1) is 35.1 Å². The van der Waals surface area contributed by atoms with Crippen LogP contribution in [0.2, 0.25) is 0 Å². The number of hydrogen-bond acceptors (Lipinski definition) is 4. The minimum atomic E-state index is -2.92. The second kappa shape index (κ2) is 5.61. The molecule has 1 rings (SSSR count). The molecule has 0 saturated carbocycles.